The Morgan fingerprint density at radius 3 is 2.47 bits per heavy atom. The third-order valence-electron chi connectivity index (χ3n) is 4.62. The summed E-state index contributed by atoms with van der Waals surface area (Å²) in [6.07, 6.45) is -2.98. The van der Waals surface area contributed by atoms with Crippen LogP contribution in [0.5, 0.6) is 0 Å². The van der Waals surface area contributed by atoms with E-state index in [2.05, 4.69) is 10.4 Å². The maximum atomic E-state index is 13.0. The van der Waals surface area contributed by atoms with Crippen LogP contribution in [0.15, 0.2) is 54.7 Å². The number of nitrogens with zero attached hydrogens (tertiary/aromatic N) is 3. The Morgan fingerprint density at radius 1 is 1.20 bits per heavy atom. The minimum Gasteiger partial charge on any atom is -0.345 e. The fraction of sp³-hybridized carbons (Fsp3) is 0.200. The molecular formula is C20H17F3N4O3. The molecule has 10 heteroatoms. The lowest BCUT2D eigenvalue weighted by atomic mass is 10.1. The van der Waals surface area contributed by atoms with E-state index in [9.17, 15) is 28.1 Å². The number of aromatic nitrogens is 2. The number of nitro benzene ring substituents is 1. The van der Waals surface area contributed by atoms with Crippen molar-refractivity contribution in [3.8, 4) is 5.69 Å². The molecule has 1 N–H and O–H groups in total. The predicted octanol–water partition coefficient (Wildman–Crippen LogP) is 4.60. The number of non-ortho nitro benzene ring substituents is 1. The molecule has 1 heterocycles. The molecule has 0 spiro atoms. The van der Waals surface area contributed by atoms with Crippen molar-refractivity contribution >= 4 is 11.6 Å². The van der Waals surface area contributed by atoms with Crippen LogP contribution in [0, 0.1) is 17.0 Å². The van der Waals surface area contributed by atoms with E-state index in [4.69, 9.17) is 0 Å². The number of rotatable bonds is 5. The number of halogens is 3. The molecule has 0 aliphatic heterocycles. The molecule has 1 aromatic heterocycles. The van der Waals surface area contributed by atoms with Gasteiger partial charge in [-0.1, -0.05) is 6.07 Å². The molecule has 3 aromatic rings. The SMILES string of the molecule is Cc1c(C(C)NC(=O)c2ccc([N+](=O)[O-])cc2)cnn1-c1cccc(C(F)(F)F)c1. The number of hydrogen-bond donors (Lipinski definition) is 1. The lowest BCUT2D eigenvalue weighted by Gasteiger charge is -2.15. The molecule has 156 valence electrons. The van der Waals surface area contributed by atoms with E-state index in [1.165, 1.54) is 47.3 Å². The standard InChI is InChI=1S/C20H17F3N4O3/c1-12(25-19(28)14-6-8-16(9-7-14)27(29)30)18-11-24-26(13(18)2)17-5-3-4-15(10-17)20(21,22)23/h3-12H,1-2H3,(H,25,28). The largest absolute Gasteiger partial charge is 0.416 e. The zero-order valence-electron chi connectivity index (χ0n) is 16.0. The van der Waals surface area contributed by atoms with Crippen molar-refractivity contribution in [2.75, 3.05) is 0 Å². The van der Waals surface area contributed by atoms with E-state index in [0.29, 0.717) is 11.3 Å². The minimum absolute atomic E-state index is 0.127. The van der Waals surface area contributed by atoms with Crippen LogP contribution in [0.1, 0.15) is 40.1 Å². The average molecular weight is 418 g/mol. The summed E-state index contributed by atoms with van der Waals surface area (Å²) in [7, 11) is 0. The molecule has 0 radical (unpaired) electrons. The molecule has 0 bridgehead atoms. The molecule has 0 saturated carbocycles. The molecule has 0 aliphatic rings. The highest BCUT2D eigenvalue weighted by atomic mass is 19.4. The summed E-state index contributed by atoms with van der Waals surface area (Å²) < 4.78 is 40.3. The first-order chi connectivity index (χ1) is 14.1. The highest BCUT2D eigenvalue weighted by molar-refractivity contribution is 5.94. The molecule has 0 fully saturated rings. The third-order valence-corrected chi connectivity index (χ3v) is 4.62. The Kier molecular flexibility index (Phi) is 5.59. The average Bonchev–Trinajstić information content (AvgIpc) is 3.09. The summed E-state index contributed by atoms with van der Waals surface area (Å²) in [5.41, 5.74) is 0.792. The van der Waals surface area contributed by atoms with Gasteiger partial charge in [0.15, 0.2) is 0 Å². The Labute approximate surface area is 169 Å². The summed E-state index contributed by atoms with van der Waals surface area (Å²) in [6, 6.07) is 9.47. The maximum Gasteiger partial charge on any atom is 0.416 e. The summed E-state index contributed by atoms with van der Waals surface area (Å²) in [4.78, 5) is 22.6. The second-order valence-electron chi connectivity index (χ2n) is 6.64. The molecule has 3 rings (SSSR count). The Hall–Kier alpha value is -3.69. The first-order valence-electron chi connectivity index (χ1n) is 8.85. The number of nitro groups is 1. The highest BCUT2D eigenvalue weighted by Gasteiger charge is 2.30. The van der Waals surface area contributed by atoms with Crippen molar-refractivity contribution < 1.29 is 22.9 Å². The van der Waals surface area contributed by atoms with Gasteiger partial charge in [-0.2, -0.15) is 18.3 Å². The molecule has 2 aromatic carbocycles. The second-order valence-corrected chi connectivity index (χ2v) is 6.64. The van der Waals surface area contributed by atoms with E-state index in [-0.39, 0.29) is 16.9 Å². The number of benzene rings is 2. The maximum absolute atomic E-state index is 13.0. The van der Waals surface area contributed by atoms with E-state index >= 15 is 0 Å². The molecule has 0 aliphatic carbocycles. The molecular weight excluding hydrogens is 401 g/mol. The van der Waals surface area contributed by atoms with Crippen molar-refractivity contribution in [1.29, 1.82) is 0 Å². The van der Waals surface area contributed by atoms with Crippen LogP contribution < -0.4 is 5.32 Å². The zero-order chi connectivity index (χ0) is 22.1. The van der Waals surface area contributed by atoms with E-state index < -0.39 is 28.6 Å². The van der Waals surface area contributed by atoms with Gasteiger partial charge >= 0.3 is 6.18 Å². The Morgan fingerprint density at radius 2 is 1.87 bits per heavy atom. The Balaban J connectivity index is 1.80. The van der Waals surface area contributed by atoms with Crippen molar-refractivity contribution in [3.63, 3.8) is 0 Å². The number of carbonyl (C=O) groups excluding carboxylic acids is 1. The molecule has 1 amide bonds. The van der Waals surface area contributed by atoms with Crippen molar-refractivity contribution in [3.05, 3.63) is 87.2 Å². The van der Waals surface area contributed by atoms with Gasteiger partial charge in [0, 0.05) is 29.0 Å². The van der Waals surface area contributed by atoms with Crippen LogP contribution >= 0.6 is 0 Å². The topological polar surface area (TPSA) is 90.1 Å². The number of carbonyl (C=O) groups is 1. The zero-order valence-corrected chi connectivity index (χ0v) is 16.0. The van der Waals surface area contributed by atoms with Gasteiger partial charge in [-0.25, -0.2) is 4.68 Å². The number of hydrogen-bond acceptors (Lipinski definition) is 4. The van der Waals surface area contributed by atoms with Crippen LogP contribution in [0.4, 0.5) is 18.9 Å². The van der Waals surface area contributed by atoms with Crippen LogP contribution in [0.3, 0.4) is 0 Å². The molecule has 1 atom stereocenters. The fourth-order valence-corrected chi connectivity index (χ4v) is 3.01. The monoisotopic (exact) mass is 418 g/mol. The first-order valence-corrected chi connectivity index (χ1v) is 8.85. The van der Waals surface area contributed by atoms with Crippen LogP contribution in [0.25, 0.3) is 5.69 Å². The van der Waals surface area contributed by atoms with Crippen molar-refractivity contribution in [2.45, 2.75) is 26.1 Å². The van der Waals surface area contributed by atoms with Crippen LogP contribution in [-0.2, 0) is 6.18 Å². The smallest absolute Gasteiger partial charge is 0.345 e. The van der Waals surface area contributed by atoms with Gasteiger partial charge in [-0.15, -0.1) is 0 Å². The van der Waals surface area contributed by atoms with Crippen LogP contribution in [-0.4, -0.2) is 20.6 Å². The fourth-order valence-electron chi connectivity index (χ4n) is 3.01. The van der Waals surface area contributed by atoms with Gasteiger partial charge < -0.3 is 5.32 Å². The molecule has 0 saturated heterocycles. The normalized spacial score (nSPS) is 12.4. The number of nitrogens with one attached hydrogen (secondary N) is 1. The van der Waals surface area contributed by atoms with Gasteiger partial charge in [0.1, 0.15) is 0 Å². The third kappa shape index (κ3) is 4.32. The quantitative estimate of drug-likeness (QED) is 0.484. The second kappa shape index (κ2) is 7.97. The van der Waals surface area contributed by atoms with E-state index in [1.807, 2.05) is 0 Å². The number of alkyl halides is 3. The van der Waals surface area contributed by atoms with Crippen LogP contribution in [0.2, 0.25) is 0 Å². The first kappa shape index (κ1) is 21.0. The minimum atomic E-state index is -4.47. The van der Waals surface area contributed by atoms with Crippen molar-refractivity contribution in [1.82, 2.24) is 15.1 Å². The Bertz CT molecular complexity index is 1090. The van der Waals surface area contributed by atoms with Crippen molar-refractivity contribution in [2.24, 2.45) is 0 Å². The predicted molar refractivity (Wildman–Crippen MR) is 102 cm³/mol. The molecule has 1 unspecified atom stereocenters. The van der Waals surface area contributed by atoms with Gasteiger partial charge in [0.2, 0.25) is 0 Å². The van der Waals surface area contributed by atoms with E-state index in [1.54, 1.807) is 13.8 Å². The van der Waals surface area contributed by atoms with E-state index in [0.717, 1.165) is 12.1 Å². The molecule has 7 nitrogen and oxygen atoms in total. The molecule has 30 heavy (non-hydrogen) atoms. The number of amides is 1. The lowest BCUT2D eigenvalue weighted by Crippen LogP contribution is -2.26. The van der Waals surface area contributed by atoms with Gasteiger partial charge in [-0.05, 0) is 44.2 Å². The summed E-state index contributed by atoms with van der Waals surface area (Å²) in [5.74, 6) is -0.441. The van der Waals surface area contributed by atoms with Gasteiger partial charge in [-0.3, -0.25) is 14.9 Å². The summed E-state index contributed by atoms with van der Waals surface area (Å²) in [5, 5.41) is 17.6. The van der Waals surface area contributed by atoms with Gasteiger partial charge in [0.05, 0.1) is 28.4 Å². The summed E-state index contributed by atoms with van der Waals surface area (Å²) >= 11 is 0. The highest BCUT2D eigenvalue weighted by Crippen LogP contribution is 2.31. The lowest BCUT2D eigenvalue weighted by molar-refractivity contribution is -0.384. The van der Waals surface area contributed by atoms with Gasteiger partial charge in [0.25, 0.3) is 11.6 Å². The summed E-state index contributed by atoms with van der Waals surface area (Å²) in [6.45, 7) is 3.40.